The van der Waals surface area contributed by atoms with Gasteiger partial charge in [-0.05, 0) is 38.3 Å². The van der Waals surface area contributed by atoms with Crippen molar-refractivity contribution >= 4 is 17.4 Å². The molecular weight excluding hydrogens is 274 g/mol. The molecule has 1 atom stereocenters. The van der Waals surface area contributed by atoms with Gasteiger partial charge in [0.2, 0.25) is 0 Å². The molecule has 1 aliphatic carbocycles. The molecule has 0 spiro atoms. The van der Waals surface area contributed by atoms with Crippen molar-refractivity contribution in [1.82, 2.24) is 10.3 Å². The third-order valence-corrected chi connectivity index (χ3v) is 4.16. The van der Waals surface area contributed by atoms with Crippen LogP contribution in [0.4, 0.5) is 5.82 Å². The van der Waals surface area contributed by atoms with Crippen molar-refractivity contribution in [3.8, 4) is 0 Å². The van der Waals surface area contributed by atoms with E-state index in [0.717, 1.165) is 49.2 Å². The van der Waals surface area contributed by atoms with E-state index in [1.54, 1.807) is 0 Å². The number of pyridine rings is 1. The van der Waals surface area contributed by atoms with E-state index in [2.05, 4.69) is 17.1 Å². The van der Waals surface area contributed by atoms with Gasteiger partial charge in [-0.1, -0.05) is 11.6 Å². The third-order valence-electron chi connectivity index (χ3n) is 3.82. The molecule has 1 saturated carbocycles. The molecular formula is C15H22ClN3O. The summed E-state index contributed by atoms with van der Waals surface area (Å²) < 4.78 is 5.69. The predicted octanol–water partition coefficient (Wildman–Crippen LogP) is 2.60. The van der Waals surface area contributed by atoms with E-state index in [0.29, 0.717) is 6.04 Å². The number of aromatic nitrogens is 1. The summed E-state index contributed by atoms with van der Waals surface area (Å²) in [6.45, 7) is 5.60. The monoisotopic (exact) mass is 295 g/mol. The zero-order valence-corrected chi connectivity index (χ0v) is 12.7. The zero-order chi connectivity index (χ0) is 13.9. The van der Waals surface area contributed by atoms with E-state index >= 15 is 0 Å². The van der Waals surface area contributed by atoms with Gasteiger partial charge in [-0.3, -0.25) is 0 Å². The van der Waals surface area contributed by atoms with Crippen LogP contribution in [0.5, 0.6) is 0 Å². The second-order valence-electron chi connectivity index (χ2n) is 5.73. The molecule has 0 amide bonds. The molecule has 0 bridgehead atoms. The highest BCUT2D eigenvalue weighted by molar-refractivity contribution is 6.31. The van der Waals surface area contributed by atoms with Gasteiger partial charge in [0.25, 0.3) is 0 Å². The summed E-state index contributed by atoms with van der Waals surface area (Å²) in [6, 6.07) is 4.65. The van der Waals surface area contributed by atoms with Gasteiger partial charge >= 0.3 is 0 Å². The summed E-state index contributed by atoms with van der Waals surface area (Å²) in [4.78, 5) is 7.05. The van der Waals surface area contributed by atoms with Gasteiger partial charge in [0.05, 0.1) is 16.8 Å². The summed E-state index contributed by atoms with van der Waals surface area (Å²) >= 11 is 6.25. The number of halogens is 1. The smallest absolute Gasteiger partial charge is 0.129 e. The van der Waals surface area contributed by atoms with Crippen LogP contribution < -0.4 is 10.2 Å². The standard InChI is InChI=1S/C15H22ClN3O/c1-11-10-19(7-2-8-20-11)15-6-5-13(16)14(18-15)9-17-12-3-4-12/h5-6,11-12,17H,2-4,7-10H2,1H3. The van der Waals surface area contributed by atoms with Gasteiger partial charge in [-0.15, -0.1) is 0 Å². The fraction of sp³-hybridized carbons (Fsp3) is 0.667. The van der Waals surface area contributed by atoms with Gasteiger partial charge in [0.1, 0.15) is 5.82 Å². The van der Waals surface area contributed by atoms with Gasteiger partial charge < -0.3 is 15.0 Å². The van der Waals surface area contributed by atoms with E-state index in [1.165, 1.54) is 12.8 Å². The van der Waals surface area contributed by atoms with Crippen molar-refractivity contribution in [2.45, 2.75) is 44.9 Å². The maximum atomic E-state index is 6.25. The maximum absolute atomic E-state index is 6.25. The largest absolute Gasteiger partial charge is 0.377 e. The van der Waals surface area contributed by atoms with Gasteiger partial charge in [0.15, 0.2) is 0 Å². The molecule has 0 radical (unpaired) electrons. The lowest BCUT2D eigenvalue weighted by molar-refractivity contribution is 0.0820. The van der Waals surface area contributed by atoms with E-state index in [-0.39, 0.29) is 6.10 Å². The molecule has 1 unspecified atom stereocenters. The molecule has 2 fully saturated rings. The Morgan fingerprint density at radius 2 is 2.30 bits per heavy atom. The summed E-state index contributed by atoms with van der Waals surface area (Å²) in [5.41, 5.74) is 0.953. The molecule has 4 nitrogen and oxygen atoms in total. The van der Waals surface area contributed by atoms with Crippen molar-refractivity contribution in [2.24, 2.45) is 0 Å². The zero-order valence-electron chi connectivity index (χ0n) is 11.9. The quantitative estimate of drug-likeness (QED) is 0.926. The summed E-state index contributed by atoms with van der Waals surface area (Å²) in [6.07, 6.45) is 3.85. The van der Waals surface area contributed by atoms with Crippen LogP contribution in [0.3, 0.4) is 0 Å². The second kappa shape index (κ2) is 6.29. The lowest BCUT2D eigenvalue weighted by Gasteiger charge is -2.24. The van der Waals surface area contributed by atoms with Crippen molar-refractivity contribution in [3.05, 3.63) is 22.8 Å². The lowest BCUT2D eigenvalue weighted by Crippen LogP contribution is -2.31. The van der Waals surface area contributed by atoms with Gasteiger partial charge in [-0.2, -0.15) is 0 Å². The summed E-state index contributed by atoms with van der Waals surface area (Å²) in [5, 5.41) is 4.23. The Morgan fingerprint density at radius 3 is 3.10 bits per heavy atom. The average molecular weight is 296 g/mol. The molecule has 1 saturated heterocycles. The highest BCUT2D eigenvalue weighted by Crippen LogP contribution is 2.23. The van der Waals surface area contributed by atoms with E-state index in [9.17, 15) is 0 Å². The Bertz CT molecular complexity index is 464. The molecule has 5 heteroatoms. The normalized spacial score (nSPS) is 23.7. The van der Waals surface area contributed by atoms with Crippen LogP contribution in [-0.4, -0.2) is 36.8 Å². The van der Waals surface area contributed by atoms with E-state index < -0.39 is 0 Å². The molecule has 110 valence electrons. The number of ether oxygens (including phenoxy) is 1. The number of hydrogen-bond donors (Lipinski definition) is 1. The average Bonchev–Trinajstić information content (AvgIpc) is 3.25. The molecule has 1 aromatic heterocycles. The van der Waals surface area contributed by atoms with Gasteiger partial charge in [0, 0.05) is 32.3 Å². The minimum absolute atomic E-state index is 0.253. The summed E-state index contributed by atoms with van der Waals surface area (Å²) in [7, 11) is 0. The highest BCUT2D eigenvalue weighted by Gasteiger charge is 2.21. The first kappa shape index (κ1) is 14.1. The second-order valence-corrected chi connectivity index (χ2v) is 6.14. The first-order valence-electron chi connectivity index (χ1n) is 7.48. The van der Waals surface area contributed by atoms with Crippen LogP contribution in [-0.2, 0) is 11.3 Å². The molecule has 1 aromatic rings. The Morgan fingerprint density at radius 1 is 1.45 bits per heavy atom. The number of rotatable bonds is 4. The Kier molecular flexibility index (Phi) is 4.44. The first-order valence-corrected chi connectivity index (χ1v) is 7.85. The van der Waals surface area contributed by atoms with Crippen molar-refractivity contribution in [1.29, 1.82) is 0 Å². The third kappa shape index (κ3) is 3.62. The van der Waals surface area contributed by atoms with Crippen LogP contribution in [0.25, 0.3) is 0 Å². The van der Waals surface area contributed by atoms with Gasteiger partial charge in [-0.25, -0.2) is 4.98 Å². The van der Waals surface area contributed by atoms with Crippen LogP contribution in [0, 0.1) is 0 Å². The molecule has 2 heterocycles. The van der Waals surface area contributed by atoms with Crippen molar-refractivity contribution in [3.63, 3.8) is 0 Å². The van der Waals surface area contributed by atoms with Crippen molar-refractivity contribution < 1.29 is 4.74 Å². The molecule has 3 rings (SSSR count). The predicted molar refractivity (Wildman–Crippen MR) is 81.4 cm³/mol. The number of nitrogens with one attached hydrogen (secondary N) is 1. The first-order chi connectivity index (χ1) is 9.72. The van der Waals surface area contributed by atoms with E-state index in [4.69, 9.17) is 21.3 Å². The Balaban J connectivity index is 1.72. The summed E-state index contributed by atoms with van der Waals surface area (Å²) in [5.74, 6) is 1.01. The minimum atomic E-state index is 0.253. The van der Waals surface area contributed by atoms with Crippen LogP contribution in [0.1, 0.15) is 31.9 Å². The molecule has 1 N–H and O–H groups in total. The highest BCUT2D eigenvalue weighted by atomic mass is 35.5. The van der Waals surface area contributed by atoms with Crippen LogP contribution in [0.2, 0.25) is 5.02 Å². The SMILES string of the molecule is CC1CN(c2ccc(Cl)c(CNC3CC3)n2)CCCO1. The fourth-order valence-corrected chi connectivity index (χ4v) is 2.68. The van der Waals surface area contributed by atoms with Crippen molar-refractivity contribution in [2.75, 3.05) is 24.6 Å². The van der Waals surface area contributed by atoms with Crippen LogP contribution in [0.15, 0.2) is 12.1 Å². The maximum Gasteiger partial charge on any atom is 0.129 e. The fourth-order valence-electron chi connectivity index (χ4n) is 2.50. The minimum Gasteiger partial charge on any atom is -0.377 e. The molecule has 1 aliphatic heterocycles. The lowest BCUT2D eigenvalue weighted by atomic mass is 10.3. The Labute approximate surface area is 125 Å². The van der Waals surface area contributed by atoms with E-state index in [1.807, 2.05) is 12.1 Å². The number of nitrogens with zero attached hydrogens (tertiary/aromatic N) is 2. The molecule has 0 aromatic carbocycles. The molecule has 2 aliphatic rings. The molecule has 20 heavy (non-hydrogen) atoms. The topological polar surface area (TPSA) is 37.4 Å². The number of hydrogen-bond acceptors (Lipinski definition) is 4. The number of anilines is 1. The van der Waals surface area contributed by atoms with Crippen LogP contribution >= 0.6 is 11.6 Å². The Hall–Kier alpha value is -0.840.